The Morgan fingerprint density at radius 2 is 1.87 bits per heavy atom. The van der Waals surface area contributed by atoms with Crippen LogP contribution in [-0.4, -0.2) is 18.2 Å². The van der Waals surface area contributed by atoms with Gasteiger partial charge in [-0.05, 0) is 33.1 Å². The first kappa shape index (κ1) is 14.3. The second-order valence-electron chi connectivity index (χ2n) is 4.18. The lowest BCUT2D eigenvalue weighted by molar-refractivity contribution is 0.112. The van der Waals surface area contributed by atoms with Gasteiger partial charge in [-0.1, -0.05) is 26.7 Å². The van der Waals surface area contributed by atoms with Crippen molar-refractivity contribution in [3.63, 3.8) is 0 Å². The maximum absolute atomic E-state index is 11.1. The maximum atomic E-state index is 11.1. The molecule has 0 aromatic carbocycles. The molecule has 3 heteroatoms. The predicted molar refractivity (Wildman–Crippen MR) is 62.9 cm³/mol. The first-order valence-electron chi connectivity index (χ1n) is 6.05. The number of alkyl carbamates (subject to hydrolysis) is 1. The highest BCUT2D eigenvalue weighted by Crippen LogP contribution is 2.33. The van der Waals surface area contributed by atoms with E-state index < -0.39 is 0 Å². The van der Waals surface area contributed by atoms with Crippen LogP contribution in [0.4, 0.5) is 4.79 Å². The number of nitrogens with one attached hydrogen (secondary N) is 1. The summed E-state index contributed by atoms with van der Waals surface area (Å²) in [6, 6.07) is 0.249. The molecule has 3 nitrogen and oxygen atoms in total. The topological polar surface area (TPSA) is 38.3 Å². The molecule has 1 saturated carbocycles. The van der Waals surface area contributed by atoms with Crippen LogP contribution in [0.5, 0.6) is 0 Å². The molecule has 0 radical (unpaired) electrons. The van der Waals surface area contributed by atoms with E-state index in [1.165, 1.54) is 12.8 Å². The molecular formula is C12H25NO2. The zero-order valence-electron chi connectivity index (χ0n) is 10.7. The SMILES string of the molecule is CC.CC(CC1CC1)NC(=O)OC(C)C. The largest absolute Gasteiger partial charge is 0.447 e. The molecule has 0 heterocycles. The second-order valence-corrected chi connectivity index (χ2v) is 4.18. The number of rotatable bonds is 4. The summed E-state index contributed by atoms with van der Waals surface area (Å²) in [6.07, 6.45) is 3.42. The molecule has 0 bridgehead atoms. The molecule has 0 saturated heterocycles. The van der Waals surface area contributed by atoms with Crippen molar-refractivity contribution in [2.45, 2.75) is 66.0 Å². The molecule has 0 aromatic rings. The minimum Gasteiger partial charge on any atom is -0.447 e. The fraction of sp³-hybridized carbons (Fsp3) is 0.917. The summed E-state index contributed by atoms with van der Waals surface area (Å²) in [5.41, 5.74) is 0. The molecule has 0 aliphatic heterocycles. The third kappa shape index (κ3) is 8.28. The van der Waals surface area contributed by atoms with Crippen LogP contribution in [0.15, 0.2) is 0 Å². The molecule has 1 amide bonds. The molecule has 1 rings (SSSR count). The van der Waals surface area contributed by atoms with E-state index in [0.29, 0.717) is 0 Å². The molecule has 0 aromatic heterocycles. The zero-order chi connectivity index (χ0) is 11.8. The summed E-state index contributed by atoms with van der Waals surface area (Å²) in [6.45, 7) is 9.73. The van der Waals surface area contributed by atoms with Crippen LogP contribution in [0.25, 0.3) is 0 Å². The summed E-state index contributed by atoms with van der Waals surface area (Å²) < 4.78 is 4.97. The molecule has 1 fully saturated rings. The monoisotopic (exact) mass is 215 g/mol. The third-order valence-corrected chi connectivity index (χ3v) is 2.09. The minimum atomic E-state index is -0.289. The van der Waals surface area contributed by atoms with Crippen LogP contribution in [-0.2, 0) is 4.74 Å². The number of hydrogen-bond acceptors (Lipinski definition) is 2. The van der Waals surface area contributed by atoms with Crippen LogP contribution < -0.4 is 5.32 Å². The highest BCUT2D eigenvalue weighted by atomic mass is 16.6. The maximum Gasteiger partial charge on any atom is 0.407 e. The summed E-state index contributed by atoms with van der Waals surface area (Å²) in [4.78, 5) is 11.1. The van der Waals surface area contributed by atoms with Gasteiger partial charge in [-0.25, -0.2) is 4.79 Å². The Morgan fingerprint density at radius 3 is 2.27 bits per heavy atom. The van der Waals surface area contributed by atoms with Gasteiger partial charge in [-0.3, -0.25) is 0 Å². The lowest BCUT2D eigenvalue weighted by Crippen LogP contribution is -2.34. The molecule has 1 N–H and O–H groups in total. The van der Waals surface area contributed by atoms with E-state index in [0.717, 1.165) is 12.3 Å². The van der Waals surface area contributed by atoms with Gasteiger partial charge in [0.15, 0.2) is 0 Å². The van der Waals surface area contributed by atoms with Gasteiger partial charge in [0.1, 0.15) is 0 Å². The predicted octanol–water partition coefficient (Wildman–Crippen LogP) is 3.34. The van der Waals surface area contributed by atoms with E-state index in [1.807, 2.05) is 34.6 Å². The molecule has 1 unspecified atom stereocenters. The third-order valence-electron chi connectivity index (χ3n) is 2.09. The number of ether oxygens (including phenoxy) is 1. The summed E-state index contributed by atoms with van der Waals surface area (Å²) in [5.74, 6) is 0.842. The Morgan fingerprint density at radius 1 is 1.33 bits per heavy atom. The molecule has 90 valence electrons. The van der Waals surface area contributed by atoms with Gasteiger partial charge in [0, 0.05) is 6.04 Å². The van der Waals surface area contributed by atoms with Crippen LogP contribution in [0.1, 0.15) is 53.9 Å². The van der Waals surface area contributed by atoms with Crippen LogP contribution in [0.2, 0.25) is 0 Å². The van der Waals surface area contributed by atoms with Crippen molar-refractivity contribution in [3.05, 3.63) is 0 Å². The Labute approximate surface area is 93.6 Å². The highest BCUT2D eigenvalue weighted by molar-refractivity contribution is 5.67. The van der Waals surface area contributed by atoms with Crippen LogP contribution in [0, 0.1) is 5.92 Å². The van der Waals surface area contributed by atoms with Gasteiger partial charge in [-0.15, -0.1) is 0 Å². The van der Waals surface area contributed by atoms with E-state index in [2.05, 4.69) is 5.32 Å². The van der Waals surface area contributed by atoms with Crippen molar-refractivity contribution in [2.75, 3.05) is 0 Å². The average molecular weight is 215 g/mol. The number of carbonyl (C=O) groups is 1. The van der Waals surface area contributed by atoms with Gasteiger partial charge in [0.05, 0.1) is 6.10 Å². The highest BCUT2D eigenvalue weighted by Gasteiger charge is 2.24. The Hall–Kier alpha value is -0.730. The van der Waals surface area contributed by atoms with E-state index >= 15 is 0 Å². The number of carbonyl (C=O) groups excluding carboxylic acids is 1. The fourth-order valence-corrected chi connectivity index (χ4v) is 1.36. The van der Waals surface area contributed by atoms with Gasteiger partial charge in [-0.2, -0.15) is 0 Å². The quantitative estimate of drug-likeness (QED) is 0.781. The van der Waals surface area contributed by atoms with Gasteiger partial charge < -0.3 is 10.1 Å². The van der Waals surface area contributed by atoms with Gasteiger partial charge >= 0.3 is 6.09 Å². The standard InChI is InChI=1S/C10H19NO2.C2H6/c1-7(2)13-10(12)11-8(3)6-9-4-5-9;1-2/h7-9H,4-6H2,1-3H3,(H,11,12);1-2H3. The van der Waals surface area contributed by atoms with Crippen molar-refractivity contribution >= 4 is 6.09 Å². The van der Waals surface area contributed by atoms with E-state index in [1.54, 1.807) is 0 Å². The molecule has 1 aliphatic carbocycles. The van der Waals surface area contributed by atoms with E-state index in [4.69, 9.17) is 4.74 Å². The second kappa shape index (κ2) is 7.55. The summed E-state index contributed by atoms with van der Waals surface area (Å²) >= 11 is 0. The first-order chi connectivity index (χ1) is 7.08. The van der Waals surface area contributed by atoms with Crippen molar-refractivity contribution in [3.8, 4) is 0 Å². The van der Waals surface area contributed by atoms with Crippen molar-refractivity contribution < 1.29 is 9.53 Å². The number of amides is 1. The first-order valence-corrected chi connectivity index (χ1v) is 6.05. The van der Waals surface area contributed by atoms with Crippen LogP contribution >= 0.6 is 0 Å². The Kier molecular flexibility index (Phi) is 7.18. The molecular weight excluding hydrogens is 190 g/mol. The van der Waals surface area contributed by atoms with Gasteiger partial charge in [0.25, 0.3) is 0 Å². The fourth-order valence-electron chi connectivity index (χ4n) is 1.36. The van der Waals surface area contributed by atoms with Crippen LogP contribution in [0.3, 0.4) is 0 Å². The van der Waals surface area contributed by atoms with E-state index in [-0.39, 0.29) is 18.2 Å². The lowest BCUT2D eigenvalue weighted by atomic mass is 10.2. The lowest BCUT2D eigenvalue weighted by Gasteiger charge is -2.14. The molecule has 0 spiro atoms. The minimum absolute atomic E-state index is 0.0341. The number of hydrogen-bond donors (Lipinski definition) is 1. The molecule has 1 atom stereocenters. The average Bonchev–Trinajstić information content (AvgIpc) is 2.89. The Balaban J connectivity index is 0.000000921. The van der Waals surface area contributed by atoms with Crippen molar-refractivity contribution in [1.29, 1.82) is 0 Å². The zero-order valence-corrected chi connectivity index (χ0v) is 10.7. The smallest absolute Gasteiger partial charge is 0.407 e. The van der Waals surface area contributed by atoms with Gasteiger partial charge in [0.2, 0.25) is 0 Å². The Bertz CT molecular complexity index is 176. The molecule has 15 heavy (non-hydrogen) atoms. The van der Waals surface area contributed by atoms with Crippen molar-refractivity contribution in [2.24, 2.45) is 5.92 Å². The van der Waals surface area contributed by atoms with E-state index in [9.17, 15) is 4.79 Å². The summed E-state index contributed by atoms with van der Waals surface area (Å²) in [7, 11) is 0. The molecule has 1 aliphatic rings. The summed E-state index contributed by atoms with van der Waals surface area (Å²) in [5, 5.41) is 2.82. The normalized spacial score (nSPS) is 16.4. The van der Waals surface area contributed by atoms with Crippen molar-refractivity contribution in [1.82, 2.24) is 5.32 Å².